The number of thiophene rings is 1. The first-order chi connectivity index (χ1) is 11.2. The summed E-state index contributed by atoms with van der Waals surface area (Å²) >= 11 is 1.52. The molecule has 2 heterocycles. The van der Waals surface area contributed by atoms with Gasteiger partial charge in [0, 0.05) is 32.7 Å². The van der Waals surface area contributed by atoms with Gasteiger partial charge in [0.15, 0.2) is 0 Å². The predicted molar refractivity (Wildman–Crippen MR) is 93.2 cm³/mol. The molecule has 5 heteroatoms. The number of carbonyl (C=O) groups excluding carboxylic acids is 1. The summed E-state index contributed by atoms with van der Waals surface area (Å²) in [7, 11) is 1.70. The van der Waals surface area contributed by atoms with Gasteiger partial charge in [-0.05, 0) is 35.6 Å². The van der Waals surface area contributed by atoms with Gasteiger partial charge in [0.05, 0.1) is 12.0 Å². The maximum atomic E-state index is 12.3. The molecule has 1 amide bonds. The minimum Gasteiger partial charge on any atom is -0.496 e. The van der Waals surface area contributed by atoms with Gasteiger partial charge in [-0.2, -0.15) is 0 Å². The van der Waals surface area contributed by atoms with E-state index < -0.39 is 0 Å². The zero-order valence-corrected chi connectivity index (χ0v) is 14.4. The van der Waals surface area contributed by atoms with E-state index in [1.807, 2.05) is 28.5 Å². The van der Waals surface area contributed by atoms with E-state index in [1.54, 1.807) is 7.11 Å². The van der Waals surface area contributed by atoms with Crippen molar-refractivity contribution in [1.82, 2.24) is 9.80 Å². The van der Waals surface area contributed by atoms with Gasteiger partial charge < -0.3 is 9.64 Å². The van der Waals surface area contributed by atoms with Gasteiger partial charge in [0.2, 0.25) is 0 Å². The van der Waals surface area contributed by atoms with Gasteiger partial charge in [-0.15, -0.1) is 11.3 Å². The van der Waals surface area contributed by atoms with E-state index in [4.69, 9.17) is 4.74 Å². The van der Waals surface area contributed by atoms with Crippen LogP contribution in [0, 0.1) is 6.92 Å². The Kier molecular flexibility index (Phi) is 4.98. The number of hydrogen-bond acceptors (Lipinski definition) is 4. The van der Waals surface area contributed by atoms with Gasteiger partial charge in [-0.3, -0.25) is 9.69 Å². The number of amides is 1. The largest absolute Gasteiger partial charge is 0.496 e. The van der Waals surface area contributed by atoms with Gasteiger partial charge in [-0.25, -0.2) is 0 Å². The van der Waals surface area contributed by atoms with Crippen molar-refractivity contribution in [1.29, 1.82) is 0 Å². The van der Waals surface area contributed by atoms with Gasteiger partial charge >= 0.3 is 0 Å². The van der Waals surface area contributed by atoms with E-state index in [-0.39, 0.29) is 5.91 Å². The fourth-order valence-electron chi connectivity index (χ4n) is 2.96. The van der Waals surface area contributed by atoms with Crippen molar-refractivity contribution in [2.45, 2.75) is 13.5 Å². The Labute approximate surface area is 141 Å². The molecule has 3 rings (SSSR count). The molecule has 1 aromatic heterocycles. The quantitative estimate of drug-likeness (QED) is 0.864. The summed E-state index contributed by atoms with van der Waals surface area (Å²) in [6.45, 7) is 6.42. The molecule has 0 saturated carbocycles. The molecule has 0 aliphatic carbocycles. The fourth-order valence-corrected chi connectivity index (χ4v) is 3.65. The first-order valence-electron chi connectivity index (χ1n) is 7.86. The third-order valence-corrected chi connectivity index (χ3v) is 5.11. The predicted octanol–water partition coefficient (Wildman–Crippen LogP) is 3.02. The number of methoxy groups -OCH3 is 1. The van der Waals surface area contributed by atoms with Crippen LogP contribution in [0.5, 0.6) is 5.75 Å². The highest BCUT2D eigenvalue weighted by Gasteiger charge is 2.22. The van der Waals surface area contributed by atoms with Crippen LogP contribution in [0.4, 0.5) is 0 Å². The van der Waals surface area contributed by atoms with Crippen molar-refractivity contribution in [3.63, 3.8) is 0 Å². The lowest BCUT2D eigenvalue weighted by atomic mass is 10.1. The molecule has 2 aromatic rings. The van der Waals surface area contributed by atoms with E-state index in [2.05, 4.69) is 24.0 Å². The Morgan fingerprint density at radius 1 is 1.22 bits per heavy atom. The number of hydrogen-bond donors (Lipinski definition) is 0. The van der Waals surface area contributed by atoms with Crippen LogP contribution < -0.4 is 4.74 Å². The van der Waals surface area contributed by atoms with Crippen LogP contribution in [0.2, 0.25) is 0 Å². The summed E-state index contributed by atoms with van der Waals surface area (Å²) in [5.41, 5.74) is 2.46. The third kappa shape index (κ3) is 3.74. The molecule has 0 bridgehead atoms. The van der Waals surface area contributed by atoms with Crippen LogP contribution in [0.25, 0.3) is 0 Å². The lowest BCUT2D eigenvalue weighted by molar-refractivity contribution is 0.0633. The molecule has 1 saturated heterocycles. The Balaban J connectivity index is 1.55. The van der Waals surface area contributed by atoms with Gasteiger partial charge in [0.1, 0.15) is 5.75 Å². The normalized spacial score (nSPS) is 15.7. The highest BCUT2D eigenvalue weighted by molar-refractivity contribution is 7.12. The summed E-state index contributed by atoms with van der Waals surface area (Å²) in [5, 5.41) is 1.95. The summed E-state index contributed by atoms with van der Waals surface area (Å²) < 4.78 is 5.31. The molecule has 0 radical (unpaired) electrons. The molecular weight excluding hydrogens is 308 g/mol. The second kappa shape index (κ2) is 7.15. The first-order valence-corrected chi connectivity index (χ1v) is 8.74. The number of ether oxygens (including phenoxy) is 1. The van der Waals surface area contributed by atoms with Crippen LogP contribution in [0.3, 0.4) is 0 Å². The maximum Gasteiger partial charge on any atom is 0.264 e. The van der Waals surface area contributed by atoms with E-state index in [1.165, 1.54) is 16.9 Å². The molecule has 23 heavy (non-hydrogen) atoms. The molecule has 1 aliphatic heterocycles. The molecule has 1 aromatic carbocycles. The van der Waals surface area contributed by atoms with Crippen LogP contribution in [-0.4, -0.2) is 49.0 Å². The van der Waals surface area contributed by atoms with Gasteiger partial charge in [0.25, 0.3) is 5.91 Å². The van der Waals surface area contributed by atoms with E-state index in [0.717, 1.165) is 48.9 Å². The summed E-state index contributed by atoms with van der Waals surface area (Å²) in [6, 6.07) is 10.2. The zero-order chi connectivity index (χ0) is 16.2. The monoisotopic (exact) mass is 330 g/mol. The molecule has 0 spiro atoms. The van der Waals surface area contributed by atoms with E-state index in [9.17, 15) is 4.79 Å². The van der Waals surface area contributed by atoms with E-state index >= 15 is 0 Å². The molecule has 0 unspecified atom stereocenters. The lowest BCUT2D eigenvalue weighted by Crippen LogP contribution is -2.48. The van der Waals surface area contributed by atoms with Crippen LogP contribution in [-0.2, 0) is 6.54 Å². The molecule has 4 nitrogen and oxygen atoms in total. The topological polar surface area (TPSA) is 32.8 Å². The second-order valence-electron chi connectivity index (χ2n) is 5.85. The summed E-state index contributed by atoms with van der Waals surface area (Å²) in [6.07, 6.45) is 0. The van der Waals surface area contributed by atoms with Crippen LogP contribution in [0.15, 0.2) is 35.7 Å². The molecule has 1 fully saturated rings. The number of benzene rings is 1. The smallest absolute Gasteiger partial charge is 0.264 e. The number of rotatable bonds is 4. The Bertz CT molecular complexity index is 662. The van der Waals surface area contributed by atoms with Crippen molar-refractivity contribution in [2.24, 2.45) is 0 Å². The van der Waals surface area contributed by atoms with Crippen molar-refractivity contribution in [2.75, 3.05) is 33.3 Å². The molecular formula is C18H22N2O2S. The molecule has 122 valence electrons. The van der Waals surface area contributed by atoms with Gasteiger partial charge in [-0.1, -0.05) is 18.2 Å². The number of nitrogens with zero attached hydrogens (tertiary/aromatic N) is 2. The standard InChI is InChI=1S/C18H22N2O2S/c1-14-12-15(5-6-16(14)22-2)13-19-7-9-20(10-8-19)18(21)17-4-3-11-23-17/h3-6,11-12H,7-10,13H2,1-2H3. The minimum absolute atomic E-state index is 0.167. The number of aryl methyl sites for hydroxylation is 1. The molecule has 0 N–H and O–H groups in total. The van der Waals surface area contributed by atoms with Crippen LogP contribution in [0.1, 0.15) is 20.8 Å². The Morgan fingerprint density at radius 3 is 2.61 bits per heavy atom. The molecule has 0 atom stereocenters. The lowest BCUT2D eigenvalue weighted by Gasteiger charge is -2.34. The van der Waals surface area contributed by atoms with Crippen molar-refractivity contribution < 1.29 is 9.53 Å². The average Bonchev–Trinajstić information content (AvgIpc) is 3.09. The van der Waals surface area contributed by atoms with E-state index in [0.29, 0.717) is 0 Å². The second-order valence-corrected chi connectivity index (χ2v) is 6.80. The highest BCUT2D eigenvalue weighted by Crippen LogP contribution is 2.20. The van der Waals surface area contributed by atoms with Crippen molar-refractivity contribution >= 4 is 17.2 Å². The number of piperazine rings is 1. The SMILES string of the molecule is COc1ccc(CN2CCN(C(=O)c3cccs3)CC2)cc1C. The Hall–Kier alpha value is -1.85. The zero-order valence-electron chi connectivity index (χ0n) is 13.6. The fraction of sp³-hybridized carbons (Fsp3) is 0.389. The third-order valence-electron chi connectivity index (χ3n) is 4.26. The average molecular weight is 330 g/mol. The molecule has 1 aliphatic rings. The first kappa shape index (κ1) is 16.0. The highest BCUT2D eigenvalue weighted by atomic mass is 32.1. The summed E-state index contributed by atoms with van der Waals surface area (Å²) in [4.78, 5) is 17.5. The minimum atomic E-state index is 0.167. The summed E-state index contributed by atoms with van der Waals surface area (Å²) in [5.74, 6) is 1.10. The van der Waals surface area contributed by atoms with Crippen LogP contribution >= 0.6 is 11.3 Å². The maximum absolute atomic E-state index is 12.3. The van der Waals surface area contributed by atoms with Crippen molar-refractivity contribution in [3.8, 4) is 5.75 Å². The number of carbonyl (C=O) groups is 1. The Morgan fingerprint density at radius 2 is 2.00 bits per heavy atom. The van der Waals surface area contributed by atoms with Crippen molar-refractivity contribution in [3.05, 3.63) is 51.7 Å².